The summed E-state index contributed by atoms with van der Waals surface area (Å²) in [6.45, 7) is 0.934. The van der Waals surface area contributed by atoms with Crippen LogP contribution >= 0.6 is 22.6 Å². The average molecular weight is 338 g/mol. The molecule has 2 aliphatic carbocycles. The summed E-state index contributed by atoms with van der Waals surface area (Å²) >= 11 is 2.56. The molecule has 1 N–H and O–H groups in total. The Morgan fingerprint density at radius 1 is 0.938 bits per heavy atom. The van der Waals surface area contributed by atoms with Crippen LogP contribution in [-0.4, -0.2) is 27.8 Å². The zero-order valence-corrected chi connectivity index (χ0v) is 12.1. The second-order valence-electron chi connectivity index (χ2n) is 5.38. The van der Waals surface area contributed by atoms with Gasteiger partial charge >= 0.3 is 0 Å². The zero-order valence-electron chi connectivity index (χ0n) is 9.91. The first kappa shape index (κ1) is 13.1. The highest BCUT2D eigenvalue weighted by Crippen LogP contribution is 2.29. The molecular formula is C13H23IO2. The van der Waals surface area contributed by atoms with Gasteiger partial charge in [0, 0.05) is 10.5 Å². The molecule has 2 rings (SSSR count). The summed E-state index contributed by atoms with van der Waals surface area (Å²) in [7, 11) is 0. The molecule has 0 spiro atoms. The molecule has 0 amide bonds. The van der Waals surface area contributed by atoms with Crippen molar-refractivity contribution >= 4 is 22.6 Å². The number of aliphatic hydroxyl groups is 1. The van der Waals surface area contributed by atoms with Gasteiger partial charge in [-0.05, 0) is 57.3 Å². The summed E-state index contributed by atoms with van der Waals surface area (Å²) < 4.78 is 6.90. The minimum Gasteiger partial charge on any atom is -0.393 e. The summed E-state index contributed by atoms with van der Waals surface area (Å²) in [5, 5.41) is 9.43. The number of hydrogen-bond acceptors (Lipinski definition) is 2. The first-order valence-corrected chi connectivity index (χ1v) is 7.92. The van der Waals surface area contributed by atoms with Crippen molar-refractivity contribution < 1.29 is 9.84 Å². The molecule has 2 saturated carbocycles. The Hall–Kier alpha value is 0.650. The fourth-order valence-electron chi connectivity index (χ4n) is 2.77. The highest BCUT2D eigenvalue weighted by Gasteiger charge is 2.23. The fourth-order valence-corrected chi connectivity index (χ4v) is 3.49. The molecule has 0 aromatic rings. The molecule has 0 radical (unpaired) electrons. The van der Waals surface area contributed by atoms with Gasteiger partial charge in [-0.1, -0.05) is 22.6 Å². The van der Waals surface area contributed by atoms with Crippen LogP contribution < -0.4 is 0 Å². The number of alkyl halides is 1. The van der Waals surface area contributed by atoms with E-state index in [-0.39, 0.29) is 6.10 Å². The van der Waals surface area contributed by atoms with E-state index in [9.17, 15) is 5.11 Å². The lowest BCUT2D eigenvalue weighted by Gasteiger charge is -2.29. The van der Waals surface area contributed by atoms with Gasteiger partial charge in [0.05, 0.1) is 12.2 Å². The Labute approximate surface area is 112 Å². The van der Waals surface area contributed by atoms with Gasteiger partial charge in [-0.15, -0.1) is 0 Å². The quantitative estimate of drug-likeness (QED) is 0.632. The van der Waals surface area contributed by atoms with E-state index in [0.717, 1.165) is 36.2 Å². The molecule has 2 nitrogen and oxygen atoms in total. The molecule has 0 aromatic heterocycles. The maximum Gasteiger partial charge on any atom is 0.0576 e. The maximum atomic E-state index is 9.43. The van der Waals surface area contributed by atoms with Crippen LogP contribution in [0.5, 0.6) is 0 Å². The van der Waals surface area contributed by atoms with E-state index >= 15 is 0 Å². The van der Waals surface area contributed by atoms with Gasteiger partial charge in [0.2, 0.25) is 0 Å². The molecular weight excluding hydrogens is 315 g/mol. The summed E-state index contributed by atoms with van der Waals surface area (Å²) in [6, 6.07) is 0. The van der Waals surface area contributed by atoms with E-state index < -0.39 is 0 Å². The predicted molar refractivity (Wildman–Crippen MR) is 74.0 cm³/mol. The van der Waals surface area contributed by atoms with Crippen LogP contribution in [-0.2, 0) is 4.74 Å². The fraction of sp³-hybridized carbons (Fsp3) is 1.00. The third kappa shape index (κ3) is 4.15. The van der Waals surface area contributed by atoms with Crippen molar-refractivity contribution in [1.29, 1.82) is 0 Å². The van der Waals surface area contributed by atoms with Gasteiger partial charge in [-0.2, -0.15) is 0 Å². The molecule has 0 saturated heterocycles. The van der Waals surface area contributed by atoms with E-state index in [4.69, 9.17) is 4.74 Å². The van der Waals surface area contributed by atoms with E-state index in [0.29, 0.717) is 12.0 Å². The van der Waals surface area contributed by atoms with Crippen LogP contribution in [0.1, 0.15) is 51.4 Å². The van der Waals surface area contributed by atoms with Crippen molar-refractivity contribution in [3.8, 4) is 0 Å². The molecule has 3 heteroatoms. The minimum absolute atomic E-state index is 0.0364. The number of hydrogen-bond donors (Lipinski definition) is 1. The first-order chi connectivity index (χ1) is 7.74. The number of halogens is 1. The van der Waals surface area contributed by atoms with Crippen molar-refractivity contribution in [2.45, 2.75) is 67.5 Å². The van der Waals surface area contributed by atoms with Crippen LogP contribution in [0.15, 0.2) is 0 Å². The van der Waals surface area contributed by atoms with Crippen LogP contribution in [0.25, 0.3) is 0 Å². The molecule has 0 bridgehead atoms. The molecule has 0 unspecified atom stereocenters. The van der Waals surface area contributed by atoms with Crippen molar-refractivity contribution in [2.75, 3.05) is 6.61 Å². The van der Waals surface area contributed by atoms with Gasteiger partial charge in [0.25, 0.3) is 0 Å². The van der Waals surface area contributed by atoms with Gasteiger partial charge < -0.3 is 9.84 Å². The normalized spacial score (nSPS) is 40.9. The molecule has 94 valence electrons. The molecule has 0 aromatic carbocycles. The highest BCUT2D eigenvalue weighted by atomic mass is 127. The Balaban J connectivity index is 1.60. The summed E-state index contributed by atoms with van der Waals surface area (Å²) in [5.41, 5.74) is 0. The van der Waals surface area contributed by atoms with E-state index in [2.05, 4.69) is 22.6 Å². The number of aliphatic hydroxyl groups excluding tert-OH is 1. The Morgan fingerprint density at radius 2 is 1.56 bits per heavy atom. The Kier molecular flexibility index (Phi) is 5.36. The topological polar surface area (TPSA) is 29.5 Å². The van der Waals surface area contributed by atoms with Crippen molar-refractivity contribution in [2.24, 2.45) is 5.92 Å². The lowest BCUT2D eigenvalue weighted by molar-refractivity contribution is -0.00742. The summed E-state index contributed by atoms with van der Waals surface area (Å²) in [5.74, 6) is 0.709. The molecule has 16 heavy (non-hydrogen) atoms. The van der Waals surface area contributed by atoms with Crippen molar-refractivity contribution in [3.63, 3.8) is 0 Å². The van der Waals surface area contributed by atoms with E-state index in [1.54, 1.807) is 0 Å². The van der Waals surface area contributed by atoms with Gasteiger partial charge in [0.1, 0.15) is 0 Å². The van der Waals surface area contributed by atoms with Crippen LogP contribution in [0.2, 0.25) is 0 Å². The van der Waals surface area contributed by atoms with E-state index in [1.807, 2.05) is 0 Å². The second kappa shape index (κ2) is 6.55. The Bertz CT molecular complexity index is 172. The van der Waals surface area contributed by atoms with Crippen LogP contribution in [0.3, 0.4) is 0 Å². The predicted octanol–water partition coefficient (Wildman–Crippen LogP) is 3.30. The smallest absolute Gasteiger partial charge is 0.0576 e. The second-order valence-corrected chi connectivity index (χ2v) is 7.14. The summed E-state index contributed by atoms with van der Waals surface area (Å²) in [6.07, 6.45) is 9.92. The van der Waals surface area contributed by atoms with Crippen molar-refractivity contribution in [1.82, 2.24) is 0 Å². The lowest BCUT2D eigenvalue weighted by Crippen LogP contribution is -2.27. The molecule has 2 fully saturated rings. The average Bonchev–Trinajstić information content (AvgIpc) is 2.30. The molecule has 0 atom stereocenters. The van der Waals surface area contributed by atoms with Gasteiger partial charge in [-0.3, -0.25) is 0 Å². The number of rotatable bonds is 3. The molecule has 2 aliphatic rings. The van der Waals surface area contributed by atoms with E-state index in [1.165, 1.54) is 25.7 Å². The molecule has 0 aliphatic heterocycles. The first-order valence-electron chi connectivity index (χ1n) is 6.68. The largest absolute Gasteiger partial charge is 0.393 e. The van der Waals surface area contributed by atoms with Crippen LogP contribution in [0, 0.1) is 5.92 Å². The van der Waals surface area contributed by atoms with Gasteiger partial charge in [-0.25, -0.2) is 0 Å². The third-order valence-corrected chi connectivity index (χ3v) is 5.23. The number of ether oxygens (including phenoxy) is 1. The SMILES string of the molecule is OC1CCC(COC2CCC(I)CC2)CC1. The minimum atomic E-state index is -0.0364. The zero-order chi connectivity index (χ0) is 11.4. The Morgan fingerprint density at radius 3 is 2.19 bits per heavy atom. The van der Waals surface area contributed by atoms with Crippen LogP contribution in [0.4, 0.5) is 0 Å². The standard InChI is InChI=1S/C13H23IO2/c14-11-3-7-13(8-4-11)16-9-10-1-5-12(15)6-2-10/h10-13,15H,1-9H2. The third-order valence-electron chi connectivity index (χ3n) is 3.99. The monoisotopic (exact) mass is 338 g/mol. The van der Waals surface area contributed by atoms with Crippen molar-refractivity contribution in [3.05, 3.63) is 0 Å². The maximum absolute atomic E-state index is 9.43. The lowest BCUT2D eigenvalue weighted by atomic mass is 9.88. The molecule has 0 heterocycles. The van der Waals surface area contributed by atoms with Gasteiger partial charge in [0.15, 0.2) is 0 Å². The highest BCUT2D eigenvalue weighted by molar-refractivity contribution is 14.1. The summed E-state index contributed by atoms with van der Waals surface area (Å²) in [4.78, 5) is 0.